The highest BCUT2D eigenvalue weighted by Crippen LogP contribution is 2.21. The second-order valence-corrected chi connectivity index (χ2v) is 4.70. The molecule has 4 heteroatoms. The monoisotopic (exact) mass is 275 g/mol. The van der Waals surface area contributed by atoms with Crippen LogP contribution in [0.2, 0.25) is 0 Å². The van der Waals surface area contributed by atoms with E-state index in [1.165, 1.54) is 12.1 Å². The SMILES string of the molecule is Cc1ccc(C(N)=S)cc1OCc1ccc(F)cc1. The molecule has 0 unspecified atom stereocenters. The Bertz CT molecular complexity index is 596. The first-order valence-corrected chi connectivity index (χ1v) is 6.25. The summed E-state index contributed by atoms with van der Waals surface area (Å²) in [4.78, 5) is 0.339. The average Bonchev–Trinajstić information content (AvgIpc) is 2.39. The summed E-state index contributed by atoms with van der Waals surface area (Å²) in [5.74, 6) is 0.477. The molecular weight excluding hydrogens is 261 g/mol. The van der Waals surface area contributed by atoms with Crippen molar-refractivity contribution in [3.63, 3.8) is 0 Å². The van der Waals surface area contributed by atoms with Gasteiger partial charge in [-0.3, -0.25) is 0 Å². The fraction of sp³-hybridized carbons (Fsp3) is 0.133. The van der Waals surface area contributed by atoms with Crippen LogP contribution in [-0.2, 0) is 6.61 Å². The number of benzene rings is 2. The lowest BCUT2D eigenvalue weighted by atomic mass is 10.1. The Morgan fingerprint density at radius 1 is 1.21 bits per heavy atom. The van der Waals surface area contributed by atoms with E-state index in [2.05, 4.69) is 0 Å². The van der Waals surface area contributed by atoms with E-state index in [9.17, 15) is 4.39 Å². The zero-order valence-corrected chi connectivity index (χ0v) is 11.3. The topological polar surface area (TPSA) is 35.2 Å². The van der Waals surface area contributed by atoms with Gasteiger partial charge in [-0.15, -0.1) is 0 Å². The van der Waals surface area contributed by atoms with E-state index in [1.54, 1.807) is 12.1 Å². The molecule has 19 heavy (non-hydrogen) atoms. The van der Waals surface area contributed by atoms with Crippen molar-refractivity contribution in [3.05, 3.63) is 65.0 Å². The zero-order chi connectivity index (χ0) is 13.8. The standard InChI is InChI=1S/C15H14FNOS/c1-10-2-5-12(15(17)19)8-14(10)18-9-11-3-6-13(16)7-4-11/h2-8H,9H2,1H3,(H2,17,19). The van der Waals surface area contributed by atoms with Crippen molar-refractivity contribution in [1.82, 2.24) is 0 Å². The summed E-state index contributed by atoms with van der Waals surface area (Å²) < 4.78 is 18.5. The van der Waals surface area contributed by atoms with Crippen LogP contribution in [0, 0.1) is 12.7 Å². The number of halogens is 1. The van der Waals surface area contributed by atoms with Crippen molar-refractivity contribution < 1.29 is 9.13 Å². The van der Waals surface area contributed by atoms with Crippen molar-refractivity contribution in [1.29, 1.82) is 0 Å². The van der Waals surface area contributed by atoms with Crippen LogP contribution < -0.4 is 10.5 Å². The average molecular weight is 275 g/mol. The van der Waals surface area contributed by atoms with Crippen LogP contribution in [-0.4, -0.2) is 4.99 Å². The number of thiocarbonyl (C=S) groups is 1. The lowest BCUT2D eigenvalue weighted by molar-refractivity contribution is 0.304. The minimum absolute atomic E-state index is 0.254. The third-order valence-electron chi connectivity index (χ3n) is 2.78. The molecule has 98 valence electrons. The van der Waals surface area contributed by atoms with Crippen LogP contribution in [0.25, 0.3) is 0 Å². The summed E-state index contributed by atoms with van der Waals surface area (Å²) >= 11 is 4.94. The number of ether oxygens (including phenoxy) is 1. The number of aryl methyl sites for hydroxylation is 1. The summed E-state index contributed by atoms with van der Waals surface area (Å²) in [7, 11) is 0. The van der Waals surface area contributed by atoms with Crippen LogP contribution in [0.15, 0.2) is 42.5 Å². The maximum Gasteiger partial charge on any atom is 0.123 e. The van der Waals surface area contributed by atoms with Crippen LogP contribution in [0.3, 0.4) is 0 Å². The van der Waals surface area contributed by atoms with Gasteiger partial charge in [0, 0.05) is 5.56 Å². The van der Waals surface area contributed by atoms with Gasteiger partial charge in [-0.1, -0.05) is 36.5 Å². The first-order valence-electron chi connectivity index (χ1n) is 5.84. The third kappa shape index (κ3) is 3.51. The van der Waals surface area contributed by atoms with E-state index in [0.717, 1.165) is 22.4 Å². The third-order valence-corrected chi connectivity index (χ3v) is 3.02. The molecule has 2 aromatic rings. The Balaban J connectivity index is 2.12. The van der Waals surface area contributed by atoms with Gasteiger partial charge in [0.25, 0.3) is 0 Å². The summed E-state index contributed by atoms with van der Waals surface area (Å²) in [6.07, 6.45) is 0. The van der Waals surface area contributed by atoms with Crippen LogP contribution in [0.4, 0.5) is 4.39 Å². The molecule has 0 fully saturated rings. The maximum absolute atomic E-state index is 12.8. The summed E-state index contributed by atoms with van der Waals surface area (Å²) in [6, 6.07) is 11.8. The fourth-order valence-corrected chi connectivity index (χ4v) is 1.78. The molecule has 2 nitrogen and oxygen atoms in total. The molecular formula is C15H14FNOS. The van der Waals surface area contributed by atoms with E-state index in [-0.39, 0.29) is 5.82 Å². The normalized spacial score (nSPS) is 10.2. The molecule has 0 spiro atoms. The zero-order valence-electron chi connectivity index (χ0n) is 10.5. The maximum atomic E-state index is 12.8. The van der Waals surface area contributed by atoms with Crippen LogP contribution >= 0.6 is 12.2 Å². The molecule has 0 heterocycles. The fourth-order valence-electron chi connectivity index (χ4n) is 1.65. The first kappa shape index (κ1) is 13.5. The van der Waals surface area contributed by atoms with Crippen molar-refractivity contribution in [2.45, 2.75) is 13.5 Å². The lowest BCUT2D eigenvalue weighted by Crippen LogP contribution is -2.09. The Labute approximate surface area is 117 Å². The van der Waals surface area contributed by atoms with Gasteiger partial charge in [0.15, 0.2) is 0 Å². The van der Waals surface area contributed by atoms with Crippen LogP contribution in [0.1, 0.15) is 16.7 Å². The number of nitrogens with two attached hydrogens (primary N) is 1. The smallest absolute Gasteiger partial charge is 0.123 e. The molecule has 0 saturated heterocycles. The van der Waals surface area contributed by atoms with Gasteiger partial charge in [-0.05, 0) is 36.2 Å². The predicted molar refractivity (Wildman–Crippen MR) is 77.8 cm³/mol. The Morgan fingerprint density at radius 3 is 2.53 bits per heavy atom. The van der Waals surface area contributed by atoms with Gasteiger partial charge in [0.1, 0.15) is 23.2 Å². The highest BCUT2D eigenvalue weighted by molar-refractivity contribution is 7.80. The van der Waals surface area contributed by atoms with E-state index in [0.29, 0.717) is 11.6 Å². The molecule has 0 saturated carbocycles. The highest BCUT2D eigenvalue weighted by atomic mass is 32.1. The van der Waals surface area contributed by atoms with E-state index >= 15 is 0 Å². The Kier molecular flexibility index (Phi) is 4.12. The van der Waals surface area contributed by atoms with Gasteiger partial charge in [-0.2, -0.15) is 0 Å². The van der Waals surface area contributed by atoms with Gasteiger partial charge in [0.05, 0.1) is 0 Å². The quantitative estimate of drug-likeness (QED) is 0.869. The molecule has 2 aromatic carbocycles. The van der Waals surface area contributed by atoms with Crippen molar-refractivity contribution in [3.8, 4) is 5.75 Å². The summed E-state index contributed by atoms with van der Waals surface area (Å²) in [5.41, 5.74) is 8.27. The molecule has 0 atom stereocenters. The van der Waals surface area contributed by atoms with E-state index in [4.69, 9.17) is 22.7 Å². The molecule has 2 N–H and O–H groups in total. The summed E-state index contributed by atoms with van der Waals surface area (Å²) in [5, 5.41) is 0. The van der Waals surface area contributed by atoms with Crippen LogP contribution in [0.5, 0.6) is 5.75 Å². The minimum atomic E-state index is -0.254. The highest BCUT2D eigenvalue weighted by Gasteiger charge is 2.04. The second-order valence-electron chi connectivity index (χ2n) is 4.26. The molecule has 2 rings (SSSR count). The molecule has 0 aliphatic heterocycles. The largest absolute Gasteiger partial charge is 0.489 e. The van der Waals surface area contributed by atoms with E-state index in [1.807, 2.05) is 25.1 Å². The van der Waals surface area contributed by atoms with E-state index < -0.39 is 0 Å². The van der Waals surface area contributed by atoms with Gasteiger partial charge in [0.2, 0.25) is 0 Å². The molecule has 0 aliphatic carbocycles. The van der Waals surface area contributed by atoms with Crippen molar-refractivity contribution >= 4 is 17.2 Å². The van der Waals surface area contributed by atoms with Gasteiger partial charge >= 0.3 is 0 Å². The molecule has 0 amide bonds. The Hall–Kier alpha value is -1.94. The molecule has 0 aliphatic rings. The first-order chi connectivity index (χ1) is 9.06. The number of hydrogen-bond acceptors (Lipinski definition) is 2. The number of rotatable bonds is 4. The lowest BCUT2D eigenvalue weighted by Gasteiger charge is -2.10. The molecule has 0 aromatic heterocycles. The van der Waals surface area contributed by atoms with Gasteiger partial charge < -0.3 is 10.5 Å². The van der Waals surface area contributed by atoms with Crippen molar-refractivity contribution in [2.24, 2.45) is 5.73 Å². The number of hydrogen-bond donors (Lipinski definition) is 1. The minimum Gasteiger partial charge on any atom is -0.489 e. The predicted octanol–water partition coefficient (Wildman–Crippen LogP) is 3.35. The Morgan fingerprint density at radius 2 is 1.89 bits per heavy atom. The summed E-state index contributed by atoms with van der Waals surface area (Å²) in [6.45, 7) is 2.32. The molecule has 0 bridgehead atoms. The second kappa shape index (κ2) is 5.80. The van der Waals surface area contributed by atoms with Crippen molar-refractivity contribution in [2.75, 3.05) is 0 Å². The van der Waals surface area contributed by atoms with Gasteiger partial charge in [-0.25, -0.2) is 4.39 Å². The molecule has 0 radical (unpaired) electrons.